The van der Waals surface area contributed by atoms with Gasteiger partial charge in [0.05, 0.1) is 17.3 Å². The average Bonchev–Trinajstić information content (AvgIpc) is 2.62. The van der Waals surface area contributed by atoms with Crippen LogP contribution in [0.5, 0.6) is 11.5 Å². The van der Waals surface area contributed by atoms with Gasteiger partial charge in [-0.3, -0.25) is 9.59 Å². The van der Waals surface area contributed by atoms with Crippen molar-refractivity contribution in [2.75, 3.05) is 18.5 Å². The van der Waals surface area contributed by atoms with E-state index in [9.17, 15) is 9.59 Å². The molecular formula is C17H14Cl2N2O4. The largest absolute Gasteiger partial charge is 0.485 e. The van der Waals surface area contributed by atoms with Crippen molar-refractivity contribution in [2.24, 2.45) is 0 Å². The lowest BCUT2D eigenvalue weighted by atomic mass is 10.2. The number of nitrogens with one attached hydrogen (secondary N) is 2. The number of ether oxygens (including phenoxy) is 2. The molecule has 0 saturated carbocycles. The highest BCUT2D eigenvalue weighted by Crippen LogP contribution is 2.30. The molecule has 0 fully saturated rings. The predicted octanol–water partition coefficient (Wildman–Crippen LogP) is 2.89. The van der Waals surface area contributed by atoms with Crippen molar-refractivity contribution in [2.45, 2.75) is 6.10 Å². The molecule has 1 aliphatic heterocycles. The molecule has 3 rings (SSSR count). The first-order valence-corrected chi connectivity index (χ1v) is 8.19. The normalized spacial score (nSPS) is 15.4. The van der Waals surface area contributed by atoms with Gasteiger partial charge in [0.15, 0.2) is 11.5 Å². The van der Waals surface area contributed by atoms with Gasteiger partial charge in [0, 0.05) is 5.02 Å². The van der Waals surface area contributed by atoms with E-state index in [1.54, 1.807) is 30.3 Å². The van der Waals surface area contributed by atoms with Crippen molar-refractivity contribution in [1.82, 2.24) is 5.32 Å². The average molecular weight is 381 g/mol. The van der Waals surface area contributed by atoms with Crippen molar-refractivity contribution in [3.8, 4) is 11.5 Å². The van der Waals surface area contributed by atoms with Gasteiger partial charge in [-0.15, -0.1) is 0 Å². The van der Waals surface area contributed by atoms with E-state index >= 15 is 0 Å². The van der Waals surface area contributed by atoms with Gasteiger partial charge in [-0.05, 0) is 30.3 Å². The van der Waals surface area contributed by atoms with E-state index in [0.717, 1.165) is 0 Å². The minimum Gasteiger partial charge on any atom is -0.485 e. The molecule has 0 saturated heterocycles. The molecular weight excluding hydrogens is 367 g/mol. The van der Waals surface area contributed by atoms with Crippen LogP contribution in [-0.2, 0) is 9.59 Å². The Bertz CT molecular complexity index is 813. The molecule has 0 unspecified atom stereocenters. The number of rotatable bonds is 4. The molecule has 2 aromatic carbocycles. The molecule has 1 aliphatic rings. The number of fused-ring (bicyclic) bond motifs is 1. The molecule has 0 aromatic heterocycles. The van der Waals surface area contributed by atoms with Gasteiger partial charge in [-0.25, -0.2) is 0 Å². The summed E-state index contributed by atoms with van der Waals surface area (Å²) in [4.78, 5) is 24.1. The zero-order valence-corrected chi connectivity index (χ0v) is 14.4. The summed E-state index contributed by atoms with van der Waals surface area (Å²) in [5.74, 6) is 0.195. The van der Waals surface area contributed by atoms with E-state index < -0.39 is 17.9 Å². The first kappa shape index (κ1) is 17.4. The second kappa shape index (κ2) is 7.63. The zero-order chi connectivity index (χ0) is 17.8. The van der Waals surface area contributed by atoms with Crippen LogP contribution < -0.4 is 20.1 Å². The van der Waals surface area contributed by atoms with Crippen LogP contribution in [0.25, 0.3) is 0 Å². The summed E-state index contributed by atoms with van der Waals surface area (Å²) in [6.07, 6.45) is -0.822. The summed E-state index contributed by atoms with van der Waals surface area (Å²) in [6, 6.07) is 11.8. The van der Waals surface area contributed by atoms with Gasteiger partial charge < -0.3 is 20.1 Å². The standard InChI is InChI=1S/C17H14Cl2N2O4/c18-10-5-6-11(19)12(7-10)21-16(22)8-20-17(23)15-9-24-13-3-1-2-4-14(13)25-15/h1-7,15H,8-9H2,(H,20,23)(H,21,22)/t15-/m0/s1. The minimum atomic E-state index is -0.822. The summed E-state index contributed by atoms with van der Waals surface area (Å²) in [7, 11) is 0. The van der Waals surface area contributed by atoms with Gasteiger partial charge in [-0.2, -0.15) is 0 Å². The number of amides is 2. The summed E-state index contributed by atoms with van der Waals surface area (Å²) < 4.78 is 11.0. The van der Waals surface area contributed by atoms with Gasteiger partial charge in [-0.1, -0.05) is 35.3 Å². The number of hydrogen-bond acceptors (Lipinski definition) is 4. The maximum atomic E-state index is 12.1. The lowest BCUT2D eigenvalue weighted by Gasteiger charge is -2.25. The molecule has 2 amide bonds. The molecule has 0 radical (unpaired) electrons. The first-order chi connectivity index (χ1) is 12.0. The molecule has 2 aromatic rings. The van der Waals surface area contributed by atoms with Crippen LogP contribution >= 0.6 is 23.2 Å². The highest BCUT2D eigenvalue weighted by molar-refractivity contribution is 6.35. The Morgan fingerprint density at radius 1 is 1.12 bits per heavy atom. The smallest absolute Gasteiger partial charge is 0.265 e. The Labute approximate surface area is 154 Å². The monoisotopic (exact) mass is 380 g/mol. The van der Waals surface area contributed by atoms with Crippen molar-refractivity contribution >= 4 is 40.7 Å². The third-order valence-electron chi connectivity index (χ3n) is 3.43. The van der Waals surface area contributed by atoms with Gasteiger partial charge in [0.25, 0.3) is 5.91 Å². The Morgan fingerprint density at radius 3 is 2.68 bits per heavy atom. The molecule has 1 atom stereocenters. The van der Waals surface area contributed by atoms with Crippen LogP contribution in [0, 0.1) is 0 Å². The Hall–Kier alpha value is -2.44. The van der Waals surface area contributed by atoms with E-state index in [4.69, 9.17) is 32.7 Å². The fourth-order valence-corrected chi connectivity index (χ4v) is 2.55. The van der Waals surface area contributed by atoms with Crippen LogP contribution in [-0.4, -0.2) is 31.1 Å². The maximum Gasteiger partial charge on any atom is 0.265 e. The van der Waals surface area contributed by atoms with Crippen molar-refractivity contribution in [3.05, 3.63) is 52.5 Å². The summed E-state index contributed by atoms with van der Waals surface area (Å²) >= 11 is 11.8. The quantitative estimate of drug-likeness (QED) is 0.854. The molecule has 0 spiro atoms. The maximum absolute atomic E-state index is 12.1. The second-order valence-corrected chi connectivity index (χ2v) is 6.10. The predicted molar refractivity (Wildman–Crippen MR) is 94.5 cm³/mol. The van der Waals surface area contributed by atoms with E-state index in [1.807, 2.05) is 6.07 Å². The van der Waals surface area contributed by atoms with Crippen molar-refractivity contribution < 1.29 is 19.1 Å². The lowest BCUT2D eigenvalue weighted by molar-refractivity contribution is -0.131. The molecule has 130 valence electrons. The van der Waals surface area contributed by atoms with Gasteiger partial charge in [0.1, 0.15) is 6.61 Å². The fourth-order valence-electron chi connectivity index (χ4n) is 2.22. The Morgan fingerprint density at radius 2 is 1.88 bits per heavy atom. The SMILES string of the molecule is O=C(CNC(=O)[C@@H]1COc2ccccc2O1)Nc1cc(Cl)ccc1Cl. The molecule has 1 heterocycles. The zero-order valence-electron chi connectivity index (χ0n) is 12.9. The van der Waals surface area contributed by atoms with Crippen molar-refractivity contribution in [3.63, 3.8) is 0 Å². The molecule has 2 N–H and O–H groups in total. The Kier molecular flexibility index (Phi) is 5.31. The molecule has 8 heteroatoms. The number of carbonyl (C=O) groups excluding carboxylic acids is 2. The Balaban J connectivity index is 1.52. The van der Waals surface area contributed by atoms with Gasteiger partial charge >= 0.3 is 0 Å². The third kappa shape index (κ3) is 4.35. The minimum absolute atomic E-state index is 0.0740. The first-order valence-electron chi connectivity index (χ1n) is 7.44. The van der Waals surface area contributed by atoms with Crippen LogP contribution in [0.2, 0.25) is 10.0 Å². The second-order valence-electron chi connectivity index (χ2n) is 5.25. The molecule has 6 nitrogen and oxygen atoms in total. The van der Waals surface area contributed by atoms with Crippen LogP contribution in [0.15, 0.2) is 42.5 Å². The lowest BCUT2D eigenvalue weighted by Crippen LogP contribution is -2.46. The topological polar surface area (TPSA) is 76.7 Å². The number of para-hydroxylation sites is 2. The van der Waals surface area contributed by atoms with Crippen LogP contribution in [0.1, 0.15) is 0 Å². The number of anilines is 1. The summed E-state index contributed by atoms with van der Waals surface area (Å²) in [5, 5.41) is 5.88. The molecule has 25 heavy (non-hydrogen) atoms. The van der Waals surface area contributed by atoms with Gasteiger partial charge in [0.2, 0.25) is 12.0 Å². The van der Waals surface area contributed by atoms with Crippen LogP contribution in [0.4, 0.5) is 5.69 Å². The summed E-state index contributed by atoms with van der Waals surface area (Å²) in [6.45, 7) is -0.159. The fraction of sp³-hybridized carbons (Fsp3) is 0.176. The van der Waals surface area contributed by atoms with Crippen molar-refractivity contribution in [1.29, 1.82) is 0 Å². The number of benzene rings is 2. The van der Waals surface area contributed by atoms with E-state index in [2.05, 4.69) is 10.6 Å². The van der Waals surface area contributed by atoms with Crippen LogP contribution in [0.3, 0.4) is 0 Å². The third-order valence-corrected chi connectivity index (χ3v) is 3.99. The number of hydrogen-bond donors (Lipinski definition) is 2. The summed E-state index contributed by atoms with van der Waals surface area (Å²) in [5.41, 5.74) is 0.375. The van der Waals surface area contributed by atoms with E-state index in [1.165, 1.54) is 6.07 Å². The van der Waals surface area contributed by atoms with E-state index in [0.29, 0.717) is 27.2 Å². The number of halogens is 2. The highest BCUT2D eigenvalue weighted by Gasteiger charge is 2.27. The molecule has 0 bridgehead atoms. The molecule has 0 aliphatic carbocycles. The van der Waals surface area contributed by atoms with E-state index in [-0.39, 0.29) is 13.2 Å². The number of carbonyl (C=O) groups is 2. The highest BCUT2D eigenvalue weighted by atomic mass is 35.5.